The molecule has 0 amide bonds. The highest BCUT2D eigenvalue weighted by atomic mass is 32.2. The third-order valence-corrected chi connectivity index (χ3v) is 2.06. The van der Waals surface area contributed by atoms with Crippen molar-refractivity contribution in [3.05, 3.63) is 6.54 Å². The molecule has 0 aromatic carbocycles. The Hall–Kier alpha value is -0.300. The fourth-order valence-corrected chi connectivity index (χ4v) is 0.851. The quantitative estimate of drug-likeness (QED) is 0.703. The number of nitrogens with one attached hydrogen (secondary N) is 1. The summed E-state index contributed by atoms with van der Waals surface area (Å²) in [4.78, 5) is 0. The van der Waals surface area contributed by atoms with E-state index in [4.69, 9.17) is 0 Å². The molecule has 0 fully saturated rings. The minimum atomic E-state index is -5.22. The van der Waals surface area contributed by atoms with E-state index in [2.05, 4.69) is 0 Å². The number of hydrogen-bond donors (Lipinski definition) is 1. The van der Waals surface area contributed by atoms with Crippen LogP contribution in [0.15, 0.2) is 0 Å². The van der Waals surface area contributed by atoms with Gasteiger partial charge in [-0.25, -0.2) is 13.1 Å². The van der Waals surface area contributed by atoms with Crippen LogP contribution < -0.4 is 4.72 Å². The van der Waals surface area contributed by atoms with E-state index in [1.165, 1.54) is 4.72 Å². The molecule has 0 atom stereocenters. The highest BCUT2D eigenvalue weighted by molar-refractivity contribution is 7.90. The van der Waals surface area contributed by atoms with E-state index in [-0.39, 0.29) is 6.42 Å². The Kier molecular flexibility index (Phi) is 3.98. The van der Waals surface area contributed by atoms with Gasteiger partial charge in [-0.05, 0) is 6.42 Å². The maximum Gasteiger partial charge on any atom is 0.511 e. The normalized spacial score (nSPS) is 13.3. The van der Waals surface area contributed by atoms with Gasteiger partial charge in [-0.15, -0.1) is 0 Å². The van der Waals surface area contributed by atoms with Gasteiger partial charge in [0.25, 0.3) is 0 Å². The molecule has 0 aliphatic carbocycles. The van der Waals surface area contributed by atoms with Crippen molar-refractivity contribution in [1.82, 2.24) is 4.72 Å². The molecular formula is C5H9F3NO2S. The molecule has 0 bridgehead atoms. The molecular weight excluding hydrogens is 195 g/mol. The van der Waals surface area contributed by atoms with E-state index in [9.17, 15) is 21.6 Å². The second-order valence-electron chi connectivity index (χ2n) is 2.06. The van der Waals surface area contributed by atoms with E-state index in [1.807, 2.05) is 0 Å². The Labute approximate surface area is 69.0 Å². The van der Waals surface area contributed by atoms with Crippen LogP contribution in [0.3, 0.4) is 0 Å². The number of unbranched alkanes of at least 4 members (excludes halogenated alkanes) is 1. The van der Waals surface area contributed by atoms with Crippen molar-refractivity contribution in [2.75, 3.05) is 0 Å². The summed E-state index contributed by atoms with van der Waals surface area (Å²) in [6.07, 6.45) is 0.857. The predicted molar refractivity (Wildman–Crippen MR) is 37.3 cm³/mol. The summed E-state index contributed by atoms with van der Waals surface area (Å²) >= 11 is 0. The molecule has 73 valence electrons. The van der Waals surface area contributed by atoms with Crippen LogP contribution >= 0.6 is 0 Å². The Morgan fingerprint density at radius 2 is 1.92 bits per heavy atom. The fourth-order valence-electron chi connectivity index (χ4n) is 0.380. The lowest BCUT2D eigenvalue weighted by molar-refractivity contribution is -0.0445. The smallest absolute Gasteiger partial charge is 0.203 e. The summed E-state index contributed by atoms with van der Waals surface area (Å²) in [5.41, 5.74) is -5.22. The molecule has 0 saturated carbocycles. The van der Waals surface area contributed by atoms with Crippen LogP contribution in [0.1, 0.15) is 19.8 Å². The Morgan fingerprint density at radius 1 is 1.42 bits per heavy atom. The van der Waals surface area contributed by atoms with Crippen molar-refractivity contribution in [3.63, 3.8) is 0 Å². The summed E-state index contributed by atoms with van der Waals surface area (Å²) in [7, 11) is -5.18. The third-order valence-electron chi connectivity index (χ3n) is 0.976. The first-order chi connectivity index (χ1) is 5.31. The van der Waals surface area contributed by atoms with Crippen molar-refractivity contribution in [2.24, 2.45) is 0 Å². The first kappa shape index (κ1) is 11.7. The maximum absolute atomic E-state index is 11.6. The van der Waals surface area contributed by atoms with Gasteiger partial charge in [-0.3, -0.25) is 0 Å². The van der Waals surface area contributed by atoms with Crippen molar-refractivity contribution in [3.8, 4) is 0 Å². The highest BCUT2D eigenvalue weighted by Gasteiger charge is 2.45. The SMILES string of the molecule is CCC[CH]NS(=O)(=O)C(F)(F)F. The lowest BCUT2D eigenvalue weighted by atomic mass is 10.3. The lowest BCUT2D eigenvalue weighted by Gasteiger charge is -2.07. The van der Waals surface area contributed by atoms with E-state index in [0.29, 0.717) is 6.42 Å². The van der Waals surface area contributed by atoms with Gasteiger partial charge in [0, 0.05) is 6.54 Å². The summed E-state index contributed by atoms with van der Waals surface area (Å²) in [5, 5.41) is 0. The average molecular weight is 204 g/mol. The van der Waals surface area contributed by atoms with Gasteiger partial charge in [-0.2, -0.15) is 13.2 Å². The molecule has 1 N–H and O–H groups in total. The summed E-state index contributed by atoms with van der Waals surface area (Å²) in [6, 6.07) is 0. The number of alkyl halides is 3. The number of hydrogen-bond acceptors (Lipinski definition) is 2. The van der Waals surface area contributed by atoms with Crippen LogP contribution in [0, 0.1) is 6.54 Å². The summed E-state index contributed by atoms with van der Waals surface area (Å²) < 4.78 is 56.6. The zero-order valence-electron chi connectivity index (χ0n) is 6.35. The minimum absolute atomic E-state index is 0.273. The molecule has 0 heterocycles. The largest absolute Gasteiger partial charge is 0.511 e. The standard InChI is InChI=1S/C5H9F3NO2S/c1-2-3-4-9-12(10,11)5(6,7)8/h4,9H,2-3H2,1H3. The van der Waals surface area contributed by atoms with Gasteiger partial charge in [0.05, 0.1) is 0 Å². The van der Waals surface area contributed by atoms with E-state index in [0.717, 1.165) is 6.54 Å². The van der Waals surface area contributed by atoms with Crippen LogP contribution in [-0.2, 0) is 10.0 Å². The Bertz CT molecular complexity index is 221. The molecule has 0 aliphatic heterocycles. The van der Waals surface area contributed by atoms with E-state index >= 15 is 0 Å². The first-order valence-corrected chi connectivity index (χ1v) is 4.70. The van der Waals surface area contributed by atoms with Gasteiger partial charge in [0.2, 0.25) is 0 Å². The highest BCUT2D eigenvalue weighted by Crippen LogP contribution is 2.21. The molecule has 7 heteroatoms. The van der Waals surface area contributed by atoms with E-state index < -0.39 is 15.5 Å². The molecule has 0 rings (SSSR count). The number of sulfonamides is 1. The van der Waals surface area contributed by atoms with Crippen LogP contribution in [0.4, 0.5) is 13.2 Å². The summed E-state index contributed by atoms with van der Waals surface area (Å²) in [6.45, 7) is 2.60. The van der Waals surface area contributed by atoms with Crippen molar-refractivity contribution in [2.45, 2.75) is 25.3 Å². The topological polar surface area (TPSA) is 46.2 Å². The third kappa shape index (κ3) is 3.40. The van der Waals surface area contributed by atoms with Crippen LogP contribution in [0.5, 0.6) is 0 Å². The fraction of sp³-hybridized carbons (Fsp3) is 0.800. The zero-order chi connectivity index (χ0) is 9.83. The molecule has 1 radical (unpaired) electrons. The average Bonchev–Trinajstić information content (AvgIpc) is 1.85. The molecule has 0 aromatic rings. The predicted octanol–water partition coefficient (Wildman–Crippen LogP) is 1.39. The van der Waals surface area contributed by atoms with Gasteiger partial charge in [0.1, 0.15) is 0 Å². The number of halogens is 3. The zero-order valence-corrected chi connectivity index (χ0v) is 7.17. The molecule has 0 aromatic heterocycles. The first-order valence-electron chi connectivity index (χ1n) is 3.21. The lowest BCUT2D eigenvalue weighted by Crippen LogP contribution is -2.34. The molecule has 0 aliphatic rings. The molecule has 12 heavy (non-hydrogen) atoms. The summed E-state index contributed by atoms with van der Waals surface area (Å²) in [5.74, 6) is 0. The van der Waals surface area contributed by atoms with Gasteiger partial charge in [-0.1, -0.05) is 13.3 Å². The second-order valence-corrected chi connectivity index (χ2v) is 3.77. The van der Waals surface area contributed by atoms with Crippen LogP contribution in [0.2, 0.25) is 0 Å². The molecule has 3 nitrogen and oxygen atoms in total. The van der Waals surface area contributed by atoms with Gasteiger partial charge >= 0.3 is 15.5 Å². The minimum Gasteiger partial charge on any atom is -0.203 e. The van der Waals surface area contributed by atoms with Crippen molar-refractivity contribution in [1.29, 1.82) is 0 Å². The molecule has 0 unspecified atom stereocenters. The molecule has 0 spiro atoms. The van der Waals surface area contributed by atoms with E-state index in [1.54, 1.807) is 6.92 Å². The van der Waals surface area contributed by atoms with Crippen LogP contribution in [0.25, 0.3) is 0 Å². The van der Waals surface area contributed by atoms with Gasteiger partial charge < -0.3 is 0 Å². The van der Waals surface area contributed by atoms with Crippen LogP contribution in [-0.4, -0.2) is 13.9 Å². The second kappa shape index (κ2) is 4.08. The van der Waals surface area contributed by atoms with Gasteiger partial charge in [0.15, 0.2) is 0 Å². The van der Waals surface area contributed by atoms with Crippen molar-refractivity contribution < 1.29 is 21.6 Å². The Balaban J connectivity index is 4.08. The Morgan fingerprint density at radius 3 is 2.25 bits per heavy atom. The molecule has 0 saturated heterocycles. The monoisotopic (exact) mass is 204 g/mol. The maximum atomic E-state index is 11.6. The van der Waals surface area contributed by atoms with Crippen molar-refractivity contribution >= 4 is 10.0 Å². The number of rotatable bonds is 4.